The van der Waals surface area contributed by atoms with Crippen molar-refractivity contribution in [3.05, 3.63) is 12.3 Å². The summed E-state index contributed by atoms with van der Waals surface area (Å²) in [6.07, 6.45) is 0.0153. The third kappa shape index (κ3) is 3.85. The Balaban J connectivity index is 3.06. The number of carbonyl (C=O) groups excluding carboxylic acids is 1. The lowest BCUT2D eigenvalue weighted by Gasteiger charge is -2.42. The van der Waals surface area contributed by atoms with Crippen molar-refractivity contribution in [3.63, 3.8) is 0 Å². The number of hydrogen-bond acceptors (Lipinski definition) is 3. The number of aliphatic hydroxyl groups excluding tert-OH is 1. The Morgan fingerprint density at radius 1 is 1.55 bits per heavy atom. The summed E-state index contributed by atoms with van der Waals surface area (Å²) in [5, 5.41) is 9.39. The molecule has 2 atom stereocenters. The van der Waals surface area contributed by atoms with Gasteiger partial charge in [0.1, 0.15) is 5.71 Å². The molecule has 0 aromatic heterocycles. The summed E-state index contributed by atoms with van der Waals surface area (Å²) < 4.78 is 27.3. The smallest absolute Gasteiger partial charge is 0.268 e. The summed E-state index contributed by atoms with van der Waals surface area (Å²) in [5.74, 6) is -3.93. The maximum absolute atomic E-state index is 13.7. The molecule has 20 heavy (non-hydrogen) atoms. The van der Waals surface area contributed by atoms with Gasteiger partial charge in [0.05, 0.1) is 19.2 Å². The number of piperidine rings is 1. The van der Waals surface area contributed by atoms with E-state index in [-0.39, 0.29) is 18.7 Å². The van der Waals surface area contributed by atoms with Gasteiger partial charge in [0.2, 0.25) is 0 Å². The Kier molecular flexibility index (Phi) is 5.39. The highest BCUT2D eigenvalue weighted by atomic mass is 19.3. The Labute approximate surface area is 118 Å². The number of hydrogen-bond donors (Lipinski definition) is 1. The van der Waals surface area contributed by atoms with Gasteiger partial charge in [-0.15, -0.1) is 0 Å². The lowest BCUT2D eigenvalue weighted by Crippen LogP contribution is -2.58. The number of amides is 1. The quantitative estimate of drug-likeness (QED) is 0.807. The number of likely N-dealkylation sites (tertiary alicyclic amines) is 1. The van der Waals surface area contributed by atoms with Crippen molar-refractivity contribution >= 4 is 11.6 Å². The highest BCUT2D eigenvalue weighted by molar-refractivity contribution is 6.39. The van der Waals surface area contributed by atoms with Gasteiger partial charge in [-0.1, -0.05) is 20.4 Å². The molecule has 0 aromatic rings. The third-order valence-electron chi connectivity index (χ3n) is 3.43. The number of aliphatic hydroxyl groups is 1. The largest absolute Gasteiger partial charge is 0.394 e. The Hall–Kier alpha value is -1.30. The molecule has 2 unspecified atom stereocenters. The first kappa shape index (κ1) is 16.8. The minimum Gasteiger partial charge on any atom is -0.394 e. The first-order chi connectivity index (χ1) is 9.21. The molecule has 1 rings (SSSR count). The predicted molar refractivity (Wildman–Crippen MR) is 73.9 cm³/mol. The summed E-state index contributed by atoms with van der Waals surface area (Å²) in [7, 11) is 0. The summed E-state index contributed by atoms with van der Waals surface area (Å²) >= 11 is 0. The van der Waals surface area contributed by atoms with Gasteiger partial charge in [-0.05, 0) is 19.3 Å². The standard InChI is InChI=1S/C14H22F2N2O2/c1-5-11(17-9(2)3)13(20)18-8-14(15,16)6-10(4)12(18)7-19/h10,12,19H,2,5-8H2,1,3-4H3. The fourth-order valence-corrected chi connectivity index (χ4v) is 2.52. The van der Waals surface area contributed by atoms with Crippen molar-refractivity contribution in [2.24, 2.45) is 10.9 Å². The molecule has 1 heterocycles. The van der Waals surface area contributed by atoms with Crippen LogP contribution < -0.4 is 0 Å². The van der Waals surface area contributed by atoms with Crippen LogP contribution in [0.15, 0.2) is 17.3 Å². The van der Waals surface area contributed by atoms with Gasteiger partial charge >= 0.3 is 0 Å². The van der Waals surface area contributed by atoms with Gasteiger partial charge in [-0.3, -0.25) is 9.79 Å². The minimum atomic E-state index is -2.93. The summed E-state index contributed by atoms with van der Waals surface area (Å²) in [6, 6.07) is -0.594. The number of aliphatic imine (C=N–C) groups is 1. The van der Waals surface area contributed by atoms with Crippen molar-refractivity contribution in [2.45, 2.75) is 45.6 Å². The second kappa shape index (κ2) is 6.43. The topological polar surface area (TPSA) is 52.9 Å². The zero-order chi connectivity index (χ0) is 15.5. The van der Waals surface area contributed by atoms with Crippen molar-refractivity contribution < 1.29 is 18.7 Å². The normalized spacial score (nSPS) is 26.5. The zero-order valence-corrected chi connectivity index (χ0v) is 12.2. The number of rotatable bonds is 4. The Morgan fingerprint density at radius 3 is 2.60 bits per heavy atom. The maximum Gasteiger partial charge on any atom is 0.268 e. The van der Waals surface area contributed by atoms with E-state index in [0.29, 0.717) is 12.1 Å². The van der Waals surface area contributed by atoms with Crippen molar-refractivity contribution in [1.29, 1.82) is 0 Å². The summed E-state index contributed by atoms with van der Waals surface area (Å²) in [4.78, 5) is 17.4. The summed E-state index contributed by atoms with van der Waals surface area (Å²) in [5.41, 5.74) is 0.647. The van der Waals surface area contributed by atoms with Crippen molar-refractivity contribution in [3.8, 4) is 0 Å². The van der Waals surface area contributed by atoms with Gasteiger partial charge in [0.15, 0.2) is 0 Å². The van der Waals surface area contributed by atoms with Crippen LogP contribution in [0.25, 0.3) is 0 Å². The fraction of sp³-hybridized carbons (Fsp3) is 0.714. The molecule has 1 fully saturated rings. The van der Waals surface area contributed by atoms with E-state index in [2.05, 4.69) is 11.6 Å². The molecular weight excluding hydrogens is 266 g/mol. The molecule has 1 aliphatic heterocycles. The van der Waals surface area contributed by atoms with Crippen molar-refractivity contribution in [1.82, 2.24) is 4.90 Å². The van der Waals surface area contributed by atoms with Gasteiger partial charge in [0, 0.05) is 12.1 Å². The molecule has 0 saturated carbocycles. The number of halogens is 2. The van der Waals surface area contributed by atoms with Crippen LogP contribution in [0, 0.1) is 5.92 Å². The average molecular weight is 288 g/mol. The molecule has 1 aliphatic rings. The second-order valence-corrected chi connectivity index (χ2v) is 5.37. The average Bonchev–Trinajstić information content (AvgIpc) is 2.33. The molecule has 1 amide bonds. The molecular formula is C14H22F2N2O2. The van der Waals surface area contributed by atoms with E-state index in [4.69, 9.17) is 0 Å². The van der Waals surface area contributed by atoms with Crippen LogP contribution in [0.2, 0.25) is 0 Å². The van der Waals surface area contributed by atoms with Crippen LogP contribution in [0.3, 0.4) is 0 Å². The number of allylic oxidation sites excluding steroid dienone is 1. The van der Waals surface area contributed by atoms with Gasteiger partial charge in [0.25, 0.3) is 11.8 Å². The van der Waals surface area contributed by atoms with Gasteiger partial charge < -0.3 is 10.0 Å². The SMILES string of the molecule is C=C(C)N=C(CC)C(=O)N1CC(F)(F)CC(C)C1CO. The van der Waals surface area contributed by atoms with E-state index >= 15 is 0 Å². The number of alkyl halides is 2. The van der Waals surface area contributed by atoms with E-state index in [9.17, 15) is 18.7 Å². The molecule has 4 nitrogen and oxygen atoms in total. The van der Waals surface area contributed by atoms with E-state index in [1.165, 1.54) is 0 Å². The van der Waals surface area contributed by atoms with Crippen LogP contribution in [-0.2, 0) is 4.79 Å². The van der Waals surface area contributed by atoms with E-state index in [0.717, 1.165) is 4.90 Å². The molecule has 0 spiro atoms. The zero-order valence-electron chi connectivity index (χ0n) is 12.2. The highest BCUT2D eigenvalue weighted by Gasteiger charge is 2.46. The number of carbonyl (C=O) groups is 1. The molecule has 0 radical (unpaired) electrons. The molecule has 0 aromatic carbocycles. The van der Waals surface area contributed by atoms with Gasteiger partial charge in [-0.25, -0.2) is 8.78 Å². The molecule has 0 aliphatic carbocycles. The third-order valence-corrected chi connectivity index (χ3v) is 3.43. The summed E-state index contributed by atoms with van der Waals surface area (Å²) in [6.45, 7) is 7.60. The van der Waals surface area contributed by atoms with Crippen LogP contribution in [0.4, 0.5) is 8.78 Å². The Morgan fingerprint density at radius 2 is 2.15 bits per heavy atom. The van der Waals surface area contributed by atoms with Crippen LogP contribution in [-0.4, -0.2) is 46.7 Å². The van der Waals surface area contributed by atoms with E-state index in [1.54, 1.807) is 20.8 Å². The molecule has 6 heteroatoms. The van der Waals surface area contributed by atoms with Crippen LogP contribution >= 0.6 is 0 Å². The van der Waals surface area contributed by atoms with E-state index < -0.39 is 30.3 Å². The maximum atomic E-state index is 13.7. The second-order valence-electron chi connectivity index (χ2n) is 5.37. The minimum absolute atomic E-state index is 0.195. The molecule has 0 bridgehead atoms. The van der Waals surface area contributed by atoms with Crippen molar-refractivity contribution in [2.75, 3.05) is 13.2 Å². The number of nitrogens with zero attached hydrogens (tertiary/aromatic N) is 2. The highest BCUT2D eigenvalue weighted by Crippen LogP contribution is 2.34. The fourth-order valence-electron chi connectivity index (χ4n) is 2.52. The molecule has 114 valence electrons. The molecule has 1 saturated heterocycles. The first-order valence-electron chi connectivity index (χ1n) is 6.74. The van der Waals surface area contributed by atoms with Crippen LogP contribution in [0.5, 0.6) is 0 Å². The van der Waals surface area contributed by atoms with E-state index in [1.807, 2.05) is 0 Å². The lowest BCUT2D eigenvalue weighted by molar-refractivity contribution is -0.149. The Bertz CT molecular complexity index is 421. The monoisotopic (exact) mass is 288 g/mol. The molecule has 1 N–H and O–H groups in total. The van der Waals surface area contributed by atoms with Gasteiger partial charge in [-0.2, -0.15) is 0 Å². The van der Waals surface area contributed by atoms with Crippen LogP contribution in [0.1, 0.15) is 33.6 Å². The predicted octanol–water partition coefficient (Wildman–Crippen LogP) is 2.24. The first-order valence-corrected chi connectivity index (χ1v) is 6.74. The lowest BCUT2D eigenvalue weighted by atomic mass is 9.88.